The molecule has 0 fully saturated rings. The highest BCUT2D eigenvalue weighted by atomic mass is 79.9. The molecule has 10 heteroatoms. The van der Waals surface area contributed by atoms with Crippen LogP contribution in [0, 0.1) is 0 Å². The Bertz CT molecular complexity index is 1340. The number of hydrazone groups is 1. The molecule has 0 saturated carbocycles. The van der Waals surface area contributed by atoms with Gasteiger partial charge in [-0.25, -0.2) is 5.43 Å². The summed E-state index contributed by atoms with van der Waals surface area (Å²) in [5.41, 5.74) is 4.13. The van der Waals surface area contributed by atoms with E-state index in [9.17, 15) is 9.59 Å². The van der Waals surface area contributed by atoms with E-state index >= 15 is 0 Å². The minimum atomic E-state index is -0.618. The molecule has 0 radical (unpaired) electrons. The highest BCUT2D eigenvalue weighted by molar-refractivity contribution is 9.10. The number of nitrogens with one attached hydrogen (secondary N) is 2. The SMILES string of the molecule is COc1cc(/C=N\NC(=O)/C(=C\c2ccc3c(c2)OCO3)NC(=O)c2ccccc2)cc(Br)c1OC. The second kappa shape index (κ2) is 11.4. The summed E-state index contributed by atoms with van der Waals surface area (Å²) in [6, 6.07) is 17.2. The van der Waals surface area contributed by atoms with Crippen LogP contribution >= 0.6 is 15.9 Å². The van der Waals surface area contributed by atoms with Gasteiger partial charge in [0.05, 0.1) is 24.9 Å². The third-order valence-corrected chi connectivity index (χ3v) is 5.66. The fourth-order valence-corrected chi connectivity index (χ4v) is 3.97. The van der Waals surface area contributed by atoms with Crippen molar-refractivity contribution in [2.75, 3.05) is 21.0 Å². The quantitative estimate of drug-likeness (QED) is 0.248. The summed E-state index contributed by atoms with van der Waals surface area (Å²) in [7, 11) is 3.06. The largest absolute Gasteiger partial charge is 0.493 e. The Balaban J connectivity index is 1.56. The first-order valence-corrected chi connectivity index (χ1v) is 11.5. The van der Waals surface area contributed by atoms with Crippen LogP contribution in [-0.2, 0) is 4.79 Å². The Morgan fingerprint density at radius 2 is 1.75 bits per heavy atom. The monoisotopic (exact) mass is 551 g/mol. The van der Waals surface area contributed by atoms with Crippen molar-refractivity contribution in [3.8, 4) is 23.0 Å². The molecule has 1 aliphatic rings. The van der Waals surface area contributed by atoms with Crippen molar-refractivity contribution in [2.24, 2.45) is 5.10 Å². The van der Waals surface area contributed by atoms with Gasteiger partial charge >= 0.3 is 0 Å². The molecule has 0 unspecified atom stereocenters. The van der Waals surface area contributed by atoms with Crippen LogP contribution in [0.25, 0.3) is 6.08 Å². The Morgan fingerprint density at radius 3 is 2.50 bits per heavy atom. The van der Waals surface area contributed by atoms with Gasteiger partial charge in [0.25, 0.3) is 11.8 Å². The molecule has 4 rings (SSSR count). The summed E-state index contributed by atoms with van der Waals surface area (Å²) in [6.45, 7) is 0.127. The molecule has 1 heterocycles. The smallest absolute Gasteiger partial charge is 0.287 e. The van der Waals surface area contributed by atoms with Crippen molar-refractivity contribution < 1.29 is 28.5 Å². The lowest BCUT2D eigenvalue weighted by Gasteiger charge is -2.11. The molecule has 0 aromatic heterocycles. The first-order chi connectivity index (χ1) is 17.5. The number of carbonyl (C=O) groups excluding carboxylic acids is 2. The summed E-state index contributed by atoms with van der Waals surface area (Å²) in [6.07, 6.45) is 2.97. The molecule has 0 saturated heterocycles. The summed E-state index contributed by atoms with van der Waals surface area (Å²) in [5, 5.41) is 6.70. The van der Waals surface area contributed by atoms with Crippen LogP contribution < -0.4 is 29.7 Å². The normalized spacial score (nSPS) is 12.4. The van der Waals surface area contributed by atoms with E-state index in [2.05, 4.69) is 31.8 Å². The highest BCUT2D eigenvalue weighted by Crippen LogP contribution is 2.36. The van der Waals surface area contributed by atoms with Gasteiger partial charge < -0.3 is 24.3 Å². The molecule has 1 aliphatic heterocycles. The van der Waals surface area contributed by atoms with Gasteiger partial charge in [-0.15, -0.1) is 0 Å². The van der Waals surface area contributed by atoms with Crippen molar-refractivity contribution in [1.82, 2.24) is 10.7 Å². The van der Waals surface area contributed by atoms with E-state index in [1.165, 1.54) is 26.5 Å². The maximum atomic E-state index is 13.0. The Labute approximate surface area is 215 Å². The first kappa shape index (κ1) is 24.8. The number of carbonyl (C=O) groups is 2. The molecule has 0 aliphatic carbocycles. The summed E-state index contributed by atoms with van der Waals surface area (Å²) in [4.78, 5) is 25.8. The zero-order chi connectivity index (χ0) is 25.5. The molecular formula is C26H22BrN3O6. The summed E-state index contributed by atoms with van der Waals surface area (Å²) < 4.78 is 22.0. The number of ether oxygens (including phenoxy) is 4. The highest BCUT2D eigenvalue weighted by Gasteiger charge is 2.17. The number of hydrogen-bond acceptors (Lipinski definition) is 7. The number of methoxy groups -OCH3 is 2. The lowest BCUT2D eigenvalue weighted by molar-refractivity contribution is -0.117. The van der Waals surface area contributed by atoms with Crippen LogP contribution in [0.3, 0.4) is 0 Å². The van der Waals surface area contributed by atoms with Crippen molar-refractivity contribution in [3.63, 3.8) is 0 Å². The van der Waals surface area contributed by atoms with Gasteiger partial charge in [-0.2, -0.15) is 5.10 Å². The number of amides is 2. The van der Waals surface area contributed by atoms with Crippen LogP contribution in [-0.4, -0.2) is 39.0 Å². The van der Waals surface area contributed by atoms with E-state index in [0.29, 0.717) is 44.2 Å². The molecule has 36 heavy (non-hydrogen) atoms. The number of hydrogen-bond donors (Lipinski definition) is 2. The molecular weight excluding hydrogens is 530 g/mol. The van der Waals surface area contributed by atoms with Crippen LogP contribution in [0.5, 0.6) is 23.0 Å². The van der Waals surface area contributed by atoms with Crippen LogP contribution in [0.15, 0.2) is 75.9 Å². The second-order valence-corrected chi connectivity index (χ2v) is 8.28. The minimum absolute atomic E-state index is 0.00615. The van der Waals surface area contributed by atoms with E-state index in [-0.39, 0.29) is 12.5 Å². The summed E-state index contributed by atoms with van der Waals surface area (Å²) >= 11 is 3.42. The number of benzene rings is 3. The Hall–Kier alpha value is -4.31. The van der Waals surface area contributed by atoms with Crippen molar-refractivity contribution in [3.05, 3.63) is 87.5 Å². The lowest BCUT2D eigenvalue weighted by Crippen LogP contribution is -2.32. The third-order valence-electron chi connectivity index (χ3n) is 5.07. The molecule has 0 spiro atoms. The van der Waals surface area contributed by atoms with Crippen LogP contribution in [0.4, 0.5) is 0 Å². The maximum Gasteiger partial charge on any atom is 0.287 e. The van der Waals surface area contributed by atoms with E-state index in [1.54, 1.807) is 60.7 Å². The van der Waals surface area contributed by atoms with Gasteiger partial charge in [-0.1, -0.05) is 24.3 Å². The summed E-state index contributed by atoms with van der Waals surface area (Å²) in [5.74, 6) is 1.14. The molecule has 2 N–H and O–H groups in total. The fourth-order valence-electron chi connectivity index (χ4n) is 3.35. The van der Waals surface area contributed by atoms with E-state index in [0.717, 1.165) is 0 Å². The standard InChI is InChI=1S/C26H22BrN3O6/c1-33-23-13-17(10-19(27)24(23)34-2)14-28-30-26(32)20(29-25(31)18-6-4-3-5-7-18)11-16-8-9-21-22(12-16)36-15-35-21/h3-14H,15H2,1-2H3,(H,29,31)(H,30,32)/b20-11+,28-14-. The van der Waals surface area contributed by atoms with E-state index in [1.807, 2.05) is 0 Å². The van der Waals surface area contributed by atoms with E-state index in [4.69, 9.17) is 18.9 Å². The van der Waals surface area contributed by atoms with Crippen molar-refractivity contribution >= 4 is 40.0 Å². The third kappa shape index (κ3) is 5.84. The number of fused-ring (bicyclic) bond motifs is 1. The van der Waals surface area contributed by atoms with Gasteiger partial charge in [0.2, 0.25) is 6.79 Å². The maximum absolute atomic E-state index is 13.0. The average molecular weight is 552 g/mol. The van der Waals surface area contributed by atoms with Crippen LogP contribution in [0.1, 0.15) is 21.5 Å². The van der Waals surface area contributed by atoms with Gasteiger partial charge in [0.1, 0.15) is 5.70 Å². The zero-order valence-electron chi connectivity index (χ0n) is 19.4. The van der Waals surface area contributed by atoms with Crippen molar-refractivity contribution in [1.29, 1.82) is 0 Å². The van der Waals surface area contributed by atoms with Gasteiger partial charge in [0.15, 0.2) is 23.0 Å². The minimum Gasteiger partial charge on any atom is -0.493 e. The lowest BCUT2D eigenvalue weighted by atomic mass is 10.1. The Kier molecular flexibility index (Phi) is 7.86. The molecule has 184 valence electrons. The number of halogens is 1. The van der Waals surface area contributed by atoms with Gasteiger partial charge in [-0.3, -0.25) is 9.59 Å². The number of rotatable bonds is 8. The van der Waals surface area contributed by atoms with Crippen LogP contribution in [0.2, 0.25) is 0 Å². The van der Waals surface area contributed by atoms with Gasteiger partial charge in [-0.05, 0) is 69.5 Å². The molecule has 2 amide bonds. The first-order valence-electron chi connectivity index (χ1n) is 10.7. The van der Waals surface area contributed by atoms with Crippen molar-refractivity contribution in [2.45, 2.75) is 0 Å². The second-order valence-electron chi connectivity index (χ2n) is 7.43. The van der Waals surface area contributed by atoms with Gasteiger partial charge in [0, 0.05) is 5.56 Å². The zero-order valence-corrected chi connectivity index (χ0v) is 21.0. The van der Waals surface area contributed by atoms with E-state index < -0.39 is 11.8 Å². The molecule has 0 atom stereocenters. The fraction of sp³-hybridized carbons (Fsp3) is 0.115. The molecule has 3 aromatic carbocycles. The topological polar surface area (TPSA) is 107 Å². The number of nitrogens with zero attached hydrogens (tertiary/aromatic N) is 1. The average Bonchev–Trinajstić information content (AvgIpc) is 3.36. The molecule has 3 aromatic rings. The Morgan fingerprint density at radius 1 is 0.972 bits per heavy atom. The predicted molar refractivity (Wildman–Crippen MR) is 137 cm³/mol. The molecule has 0 bridgehead atoms. The molecule has 9 nitrogen and oxygen atoms in total. The predicted octanol–water partition coefficient (Wildman–Crippen LogP) is 4.12.